The molecule has 0 saturated heterocycles. The highest BCUT2D eigenvalue weighted by molar-refractivity contribution is 8.00. The molecule has 3 rings (SSSR count). The first-order valence-corrected chi connectivity index (χ1v) is 9.00. The second-order valence-electron chi connectivity index (χ2n) is 5.81. The van der Waals surface area contributed by atoms with Crippen LogP contribution in [0.1, 0.15) is 42.7 Å². The molecular formula is C17H21N3O3S. The van der Waals surface area contributed by atoms with Crippen LogP contribution in [-0.2, 0) is 4.79 Å². The van der Waals surface area contributed by atoms with Crippen LogP contribution in [0.3, 0.4) is 0 Å². The van der Waals surface area contributed by atoms with Gasteiger partial charge >= 0.3 is 0 Å². The van der Waals surface area contributed by atoms with Crippen molar-refractivity contribution in [2.45, 2.75) is 31.6 Å². The maximum Gasteiger partial charge on any atom is 0.270 e. The number of para-hydroxylation sites is 1. The third-order valence-corrected chi connectivity index (χ3v) is 5.57. The lowest BCUT2D eigenvalue weighted by molar-refractivity contribution is -0.113. The lowest BCUT2D eigenvalue weighted by Crippen LogP contribution is -2.18. The largest absolute Gasteiger partial charge is 0.496 e. The molecule has 1 aliphatic heterocycles. The molecule has 0 radical (unpaired) electrons. The van der Waals surface area contributed by atoms with E-state index in [1.54, 1.807) is 11.8 Å². The normalized spacial score (nSPS) is 18.5. The predicted molar refractivity (Wildman–Crippen MR) is 96.0 cm³/mol. The van der Waals surface area contributed by atoms with Crippen LogP contribution < -0.4 is 15.6 Å². The average molecular weight is 347 g/mol. The van der Waals surface area contributed by atoms with Gasteiger partial charge in [-0.1, -0.05) is 25.1 Å². The summed E-state index contributed by atoms with van der Waals surface area (Å²) in [5.41, 5.74) is 1.31. The van der Waals surface area contributed by atoms with E-state index >= 15 is 0 Å². The Kier molecular flexibility index (Phi) is 4.71. The number of amides is 1. The number of fused-ring (bicyclic) bond motifs is 1. The zero-order chi connectivity index (χ0) is 17.3. The van der Waals surface area contributed by atoms with Crippen molar-refractivity contribution >= 4 is 23.5 Å². The molecule has 0 aliphatic carbocycles. The van der Waals surface area contributed by atoms with Gasteiger partial charge in [0.05, 0.1) is 23.7 Å². The van der Waals surface area contributed by atoms with Crippen LogP contribution in [0.25, 0.3) is 0 Å². The number of aromatic nitrogens is 2. The van der Waals surface area contributed by atoms with E-state index in [2.05, 4.69) is 10.4 Å². The summed E-state index contributed by atoms with van der Waals surface area (Å²) in [5, 5.41) is 5.52. The maximum absolute atomic E-state index is 12.7. The molecule has 128 valence electrons. The minimum Gasteiger partial charge on any atom is -0.496 e. The number of hydrogen-bond acceptors (Lipinski definition) is 4. The molecule has 0 unspecified atom stereocenters. The molecule has 0 bridgehead atoms. The van der Waals surface area contributed by atoms with E-state index in [1.165, 1.54) is 11.8 Å². The van der Waals surface area contributed by atoms with Crippen LogP contribution in [0.4, 0.5) is 5.82 Å². The lowest BCUT2D eigenvalue weighted by Gasteiger charge is -2.18. The molecule has 1 amide bonds. The average Bonchev–Trinajstić information content (AvgIpc) is 2.80. The van der Waals surface area contributed by atoms with Crippen LogP contribution in [0.15, 0.2) is 29.1 Å². The third kappa shape index (κ3) is 2.84. The summed E-state index contributed by atoms with van der Waals surface area (Å²) in [6.07, 6.45) is 0.847. The Morgan fingerprint density at radius 3 is 2.83 bits per heavy atom. The van der Waals surface area contributed by atoms with E-state index in [4.69, 9.17) is 4.74 Å². The van der Waals surface area contributed by atoms with Gasteiger partial charge < -0.3 is 10.1 Å². The molecule has 2 N–H and O–H groups in total. The Morgan fingerprint density at radius 1 is 1.38 bits per heavy atom. The van der Waals surface area contributed by atoms with E-state index in [1.807, 2.05) is 38.1 Å². The van der Waals surface area contributed by atoms with Crippen LogP contribution in [0.5, 0.6) is 5.75 Å². The summed E-state index contributed by atoms with van der Waals surface area (Å²) >= 11 is 1.44. The molecule has 2 atom stereocenters. The summed E-state index contributed by atoms with van der Waals surface area (Å²) in [7, 11) is 1.61. The number of nitrogens with zero attached hydrogens (tertiary/aromatic N) is 1. The number of ether oxygens (including phenoxy) is 1. The van der Waals surface area contributed by atoms with Crippen molar-refractivity contribution in [3.8, 4) is 5.75 Å². The molecule has 1 aromatic carbocycles. The van der Waals surface area contributed by atoms with Gasteiger partial charge in [0.15, 0.2) is 0 Å². The van der Waals surface area contributed by atoms with Gasteiger partial charge in [-0.25, -0.2) is 0 Å². The topological polar surface area (TPSA) is 76.1 Å². The Balaban J connectivity index is 2.20. The van der Waals surface area contributed by atoms with Crippen LogP contribution >= 0.6 is 11.8 Å². The third-order valence-electron chi connectivity index (χ3n) is 4.32. The number of methoxy groups -OCH3 is 1. The molecular weight excluding hydrogens is 326 g/mol. The summed E-state index contributed by atoms with van der Waals surface area (Å²) in [4.78, 5) is 24.8. The van der Waals surface area contributed by atoms with Gasteiger partial charge in [-0.05, 0) is 19.4 Å². The number of thioether (sulfide) groups is 1. The van der Waals surface area contributed by atoms with E-state index in [0.717, 1.165) is 12.0 Å². The molecule has 0 fully saturated rings. The number of benzene rings is 1. The van der Waals surface area contributed by atoms with Crippen molar-refractivity contribution < 1.29 is 9.53 Å². The highest BCUT2D eigenvalue weighted by atomic mass is 32.2. The number of carbonyl (C=O) groups is 1. The zero-order valence-corrected chi connectivity index (χ0v) is 14.8. The number of hydrogen-bond donors (Lipinski definition) is 2. The van der Waals surface area contributed by atoms with Crippen LogP contribution in [-0.4, -0.2) is 28.6 Å². The van der Waals surface area contributed by atoms with E-state index in [-0.39, 0.29) is 28.5 Å². The Hall–Kier alpha value is -2.15. The highest BCUT2D eigenvalue weighted by Crippen LogP contribution is 2.43. The Bertz CT molecular complexity index is 812. The van der Waals surface area contributed by atoms with Gasteiger partial charge in [0, 0.05) is 11.6 Å². The van der Waals surface area contributed by atoms with Crippen molar-refractivity contribution in [2.75, 3.05) is 18.2 Å². The van der Waals surface area contributed by atoms with Gasteiger partial charge in [-0.3, -0.25) is 19.4 Å². The fourth-order valence-corrected chi connectivity index (χ4v) is 4.04. The minimum absolute atomic E-state index is 0.0863. The molecule has 1 aliphatic rings. The summed E-state index contributed by atoms with van der Waals surface area (Å²) in [6.45, 7) is 4.05. The van der Waals surface area contributed by atoms with Gasteiger partial charge in [0.1, 0.15) is 11.6 Å². The number of nitrogens with one attached hydrogen (secondary N) is 2. The van der Waals surface area contributed by atoms with Gasteiger partial charge in [0.2, 0.25) is 5.91 Å². The lowest BCUT2D eigenvalue weighted by atomic mass is 10.0. The number of aromatic amines is 1. The Morgan fingerprint density at radius 2 is 2.12 bits per heavy atom. The number of H-pyrrole nitrogens is 1. The monoisotopic (exact) mass is 347 g/mol. The Labute approximate surface area is 144 Å². The minimum atomic E-state index is -0.260. The van der Waals surface area contributed by atoms with Crippen molar-refractivity contribution in [3.63, 3.8) is 0 Å². The summed E-state index contributed by atoms with van der Waals surface area (Å²) in [6, 6.07) is 7.70. The quantitative estimate of drug-likeness (QED) is 0.892. The molecule has 0 saturated carbocycles. The standard InChI is InChI=1S/C17H21N3O3S/c1-4-10(2)20-16-14(17(22)19-20)15(24-9-13(21)18-16)11-7-5-6-8-12(11)23-3/h5-8,10,15H,4,9H2,1-3H3,(H,18,21)(H,19,22)/t10-,15+/m0/s1. The van der Waals surface area contributed by atoms with Crippen LogP contribution in [0, 0.1) is 0 Å². The van der Waals surface area contributed by atoms with E-state index < -0.39 is 0 Å². The summed E-state index contributed by atoms with van der Waals surface area (Å²) in [5.74, 6) is 1.47. The highest BCUT2D eigenvalue weighted by Gasteiger charge is 2.32. The zero-order valence-electron chi connectivity index (χ0n) is 14.0. The SMILES string of the molecule is CC[C@H](C)n1[nH]c(=O)c2c1NC(=O)CS[C@@H]2c1ccccc1OC. The first-order valence-electron chi connectivity index (χ1n) is 7.95. The van der Waals surface area contributed by atoms with Crippen molar-refractivity contribution in [1.82, 2.24) is 9.78 Å². The number of rotatable bonds is 4. The van der Waals surface area contributed by atoms with Gasteiger partial charge in [-0.2, -0.15) is 0 Å². The number of carbonyl (C=O) groups excluding carboxylic acids is 1. The molecule has 1 aromatic heterocycles. The first kappa shape index (κ1) is 16.7. The van der Waals surface area contributed by atoms with Gasteiger partial charge in [0.25, 0.3) is 5.56 Å². The predicted octanol–water partition coefficient (Wildman–Crippen LogP) is 2.93. The van der Waals surface area contributed by atoms with E-state index in [0.29, 0.717) is 17.1 Å². The first-order chi connectivity index (χ1) is 11.6. The van der Waals surface area contributed by atoms with Gasteiger partial charge in [-0.15, -0.1) is 11.8 Å². The van der Waals surface area contributed by atoms with Crippen molar-refractivity contribution in [3.05, 3.63) is 45.7 Å². The second-order valence-corrected chi connectivity index (χ2v) is 6.91. The van der Waals surface area contributed by atoms with Crippen molar-refractivity contribution in [2.24, 2.45) is 0 Å². The molecule has 24 heavy (non-hydrogen) atoms. The molecule has 2 aromatic rings. The second kappa shape index (κ2) is 6.76. The van der Waals surface area contributed by atoms with Crippen LogP contribution in [0.2, 0.25) is 0 Å². The fraction of sp³-hybridized carbons (Fsp3) is 0.412. The number of anilines is 1. The summed E-state index contributed by atoms with van der Waals surface area (Å²) < 4.78 is 7.23. The van der Waals surface area contributed by atoms with E-state index in [9.17, 15) is 9.59 Å². The molecule has 0 spiro atoms. The smallest absolute Gasteiger partial charge is 0.270 e. The molecule has 7 heteroatoms. The molecule has 2 heterocycles. The fourth-order valence-electron chi connectivity index (χ4n) is 2.89. The van der Waals surface area contributed by atoms with Crippen molar-refractivity contribution in [1.29, 1.82) is 0 Å². The molecule has 6 nitrogen and oxygen atoms in total. The maximum atomic E-state index is 12.7.